The van der Waals surface area contributed by atoms with Crippen LogP contribution in [-0.2, 0) is 10.8 Å². The summed E-state index contributed by atoms with van der Waals surface area (Å²) in [7, 11) is -0.981. The number of hydrogen-bond acceptors (Lipinski definition) is 5. The van der Waals surface area contributed by atoms with Crippen molar-refractivity contribution in [2.75, 3.05) is 12.0 Å². The number of amides is 2. The molecular weight excluding hydrogens is 302 g/mol. The number of carboxylic acids is 1. The molecule has 0 bridgehead atoms. The number of aromatic carboxylic acids is 1. The molecule has 3 atom stereocenters. The van der Waals surface area contributed by atoms with Crippen molar-refractivity contribution < 1.29 is 18.9 Å². The van der Waals surface area contributed by atoms with Crippen LogP contribution in [0.2, 0.25) is 0 Å². The summed E-state index contributed by atoms with van der Waals surface area (Å²) in [6.07, 6.45) is 1.57. The van der Waals surface area contributed by atoms with Crippen molar-refractivity contribution in [3.8, 4) is 0 Å². The van der Waals surface area contributed by atoms with Gasteiger partial charge in [0, 0.05) is 34.2 Å². The van der Waals surface area contributed by atoms with E-state index in [-0.39, 0.29) is 11.7 Å². The first-order chi connectivity index (χ1) is 9.29. The topological polar surface area (TPSA) is 108 Å². The zero-order valence-electron chi connectivity index (χ0n) is 11.4. The van der Waals surface area contributed by atoms with Gasteiger partial charge in [-0.15, -0.1) is 11.3 Å². The van der Waals surface area contributed by atoms with E-state index in [1.54, 1.807) is 20.1 Å². The van der Waals surface area contributed by atoms with Gasteiger partial charge in [-0.1, -0.05) is 0 Å². The quantitative estimate of drug-likeness (QED) is 0.724. The van der Waals surface area contributed by atoms with Crippen molar-refractivity contribution in [2.45, 2.75) is 25.9 Å². The molecule has 2 amide bonds. The second kappa shape index (κ2) is 7.34. The molecule has 1 heterocycles. The average molecular weight is 319 g/mol. The van der Waals surface area contributed by atoms with Crippen LogP contribution in [0.1, 0.15) is 35.4 Å². The van der Waals surface area contributed by atoms with Gasteiger partial charge in [-0.2, -0.15) is 0 Å². The molecule has 112 valence electrons. The number of aromatic nitrogens is 1. The maximum atomic E-state index is 11.7. The average Bonchev–Trinajstić information content (AvgIpc) is 2.76. The van der Waals surface area contributed by atoms with E-state index in [1.807, 2.05) is 0 Å². The number of carbonyl (C=O) groups excluding carboxylic acids is 1. The highest BCUT2D eigenvalue weighted by atomic mass is 32.2. The Hall–Kier alpha value is -1.48. The highest BCUT2D eigenvalue weighted by Gasteiger charge is 2.17. The normalized spacial score (nSPS) is 15.2. The van der Waals surface area contributed by atoms with E-state index in [0.717, 1.165) is 0 Å². The minimum Gasteiger partial charge on any atom is -0.476 e. The summed E-state index contributed by atoms with van der Waals surface area (Å²) < 4.78 is 11.0. The van der Waals surface area contributed by atoms with Gasteiger partial charge in [0.15, 0.2) is 5.69 Å². The Morgan fingerprint density at radius 3 is 2.60 bits per heavy atom. The maximum absolute atomic E-state index is 11.7. The van der Waals surface area contributed by atoms with Crippen LogP contribution in [0.5, 0.6) is 0 Å². The Kier molecular flexibility index (Phi) is 6.08. The zero-order chi connectivity index (χ0) is 15.3. The molecule has 0 aliphatic carbocycles. The van der Waals surface area contributed by atoms with Crippen LogP contribution >= 0.6 is 11.3 Å². The number of nitrogens with zero attached hydrogens (tertiary/aromatic N) is 1. The van der Waals surface area contributed by atoms with Gasteiger partial charge in [0.1, 0.15) is 5.01 Å². The fraction of sp³-hybridized carbons (Fsp3) is 0.545. The standard InChI is InChI=1S/C11H17N3O4S2/c1-6(5-20(3)18)12-11(17)13-7(2)9-14-8(4-19-9)10(15)16/h4,6-7H,5H2,1-3H3,(H,15,16)(H2,12,13,17). The molecule has 0 saturated carbocycles. The largest absolute Gasteiger partial charge is 0.476 e. The Morgan fingerprint density at radius 2 is 2.10 bits per heavy atom. The Balaban J connectivity index is 2.52. The Labute approximate surface area is 123 Å². The molecule has 1 rings (SSSR count). The predicted octanol–water partition coefficient (Wildman–Crippen LogP) is 0.968. The molecule has 3 N–H and O–H groups in total. The first kappa shape index (κ1) is 16.6. The Bertz CT molecular complexity index is 518. The number of rotatable bonds is 6. The van der Waals surface area contributed by atoms with Crippen molar-refractivity contribution >= 4 is 34.1 Å². The van der Waals surface area contributed by atoms with Crippen molar-refractivity contribution in [2.24, 2.45) is 0 Å². The number of urea groups is 1. The van der Waals surface area contributed by atoms with Gasteiger partial charge in [0.25, 0.3) is 0 Å². The molecule has 9 heteroatoms. The van der Waals surface area contributed by atoms with Crippen molar-refractivity contribution in [3.05, 3.63) is 16.1 Å². The third kappa shape index (κ3) is 5.25. The maximum Gasteiger partial charge on any atom is 0.355 e. The summed E-state index contributed by atoms with van der Waals surface area (Å²) in [6.45, 7) is 3.48. The van der Waals surface area contributed by atoms with Crippen molar-refractivity contribution in [1.29, 1.82) is 0 Å². The van der Waals surface area contributed by atoms with Crippen LogP contribution < -0.4 is 10.6 Å². The highest BCUT2D eigenvalue weighted by Crippen LogP contribution is 2.17. The van der Waals surface area contributed by atoms with Crippen molar-refractivity contribution in [1.82, 2.24) is 15.6 Å². The molecule has 0 saturated heterocycles. The fourth-order valence-electron chi connectivity index (χ4n) is 1.50. The molecular formula is C11H17N3O4S2. The number of hydrogen-bond donors (Lipinski definition) is 3. The summed E-state index contributed by atoms with van der Waals surface area (Å²) in [5.74, 6) is -0.717. The molecule has 0 spiro atoms. The summed E-state index contributed by atoms with van der Waals surface area (Å²) in [5, 5.41) is 16.0. The Morgan fingerprint density at radius 1 is 1.45 bits per heavy atom. The third-order valence-electron chi connectivity index (χ3n) is 2.32. The molecule has 1 aromatic rings. The fourth-order valence-corrected chi connectivity index (χ4v) is 3.09. The third-order valence-corrected chi connectivity index (χ3v) is 4.32. The first-order valence-electron chi connectivity index (χ1n) is 5.85. The van der Waals surface area contributed by atoms with Gasteiger partial charge in [-0.25, -0.2) is 14.6 Å². The van der Waals surface area contributed by atoms with Crippen LogP contribution in [-0.4, -0.2) is 44.4 Å². The van der Waals surface area contributed by atoms with E-state index in [9.17, 15) is 13.8 Å². The lowest BCUT2D eigenvalue weighted by Gasteiger charge is -2.16. The first-order valence-corrected chi connectivity index (χ1v) is 8.46. The second-order valence-corrected chi connectivity index (χ2v) is 6.73. The number of thiazole rings is 1. The minimum atomic E-state index is -1.09. The van der Waals surface area contributed by atoms with Crippen LogP contribution in [0.25, 0.3) is 0 Å². The van der Waals surface area contributed by atoms with Crippen LogP contribution in [0.4, 0.5) is 4.79 Å². The second-order valence-electron chi connectivity index (χ2n) is 4.36. The van der Waals surface area contributed by atoms with Gasteiger partial charge in [0.2, 0.25) is 0 Å². The molecule has 0 radical (unpaired) electrons. The molecule has 0 fully saturated rings. The molecule has 1 aromatic heterocycles. The summed E-state index contributed by atoms with van der Waals surface area (Å²) >= 11 is 1.17. The molecule has 0 aromatic carbocycles. The number of carboxylic acid groups (broad SMARTS) is 1. The molecule has 20 heavy (non-hydrogen) atoms. The van der Waals surface area contributed by atoms with Crippen molar-refractivity contribution in [3.63, 3.8) is 0 Å². The SMILES string of the molecule is CC(CS(C)=O)NC(=O)NC(C)c1nc(C(=O)O)cs1. The van der Waals surface area contributed by atoms with Gasteiger partial charge >= 0.3 is 12.0 Å². The monoisotopic (exact) mass is 319 g/mol. The lowest BCUT2D eigenvalue weighted by molar-refractivity contribution is 0.0691. The molecule has 7 nitrogen and oxygen atoms in total. The van der Waals surface area contributed by atoms with E-state index in [1.165, 1.54) is 16.7 Å². The molecule has 3 unspecified atom stereocenters. The van der Waals surface area contributed by atoms with E-state index in [2.05, 4.69) is 15.6 Å². The zero-order valence-corrected chi connectivity index (χ0v) is 13.0. The van der Waals surface area contributed by atoms with Gasteiger partial charge < -0.3 is 15.7 Å². The van der Waals surface area contributed by atoms with E-state index >= 15 is 0 Å². The molecule has 0 aliphatic rings. The van der Waals surface area contributed by atoms with Gasteiger partial charge in [-0.3, -0.25) is 4.21 Å². The predicted molar refractivity (Wildman–Crippen MR) is 77.6 cm³/mol. The van der Waals surface area contributed by atoms with Gasteiger partial charge in [0.05, 0.1) is 6.04 Å². The van der Waals surface area contributed by atoms with Crippen LogP contribution in [0, 0.1) is 0 Å². The summed E-state index contributed by atoms with van der Waals surface area (Å²) in [4.78, 5) is 26.3. The minimum absolute atomic E-state index is 0.0335. The van der Waals surface area contributed by atoms with Gasteiger partial charge in [-0.05, 0) is 13.8 Å². The summed E-state index contributed by atoms with van der Waals surface area (Å²) in [6, 6.07) is -1.01. The lowest BCUT2D eigenvalue weighted by atomic mass is 10.3. The number of carbonyl (C=O) groups is 2. The van der Waals surface area contributed by atoms with Crippen LogP contribution in [0.3, 0.4) is 0 Å². The van der Waals surface area contributed by atoms with E-state index < -0.39 is 28.8 Å². The lowest BCUT2D eigenvalue weighted by Crippen LogP contribution is -2.43. The molecule has 0 aliphatic heterocycles. The highest BCUT2D eigenvalue weighted by molar-refractivity contribution is 7.84. The van der Waals surface area contributed by atoms with E-state index in [4.69, 9.17) is 5.11 Å². The smallest absolute Gasteiger partial charge is 0.355 e. The van der Waals surface area contributed by atoms with E-state index in [0.29, 0.717) is 10.8 Å². The summed E-state index contributed by atoms with van der Waals surface area (Å²) in [5.41, 5.74) is -0.0335. The van der Waals surface area contributed by atoms with Crippen LogP contribution in [0.15, 0.2) is 5.38 Å². The number of nitrogens with one attached hydrogen (secondary N) is 2.